The van der Waals surface area contributed by atoms with E-state index in [4.69, 9.17) is 0 Å². The Kier molecular flexibility index (Phi) is 5.00. The smallest absolute Gasteiger partial charge is 0.253 e. The molecule has 5 nitrogen and oxygen atoms in total. The van der Waals surface area contributed by atoms with Crippen molar-refractivity contribution in [3.05, 3.63) is 35.9 Å². The summed E-state index contributed by atoms with van der Waals surface area (Å²) in [6.07, 6.45) is 1.65. The molecule has 3 rings (SSSR count). The number of hydrogen-bond donors (Lipinski definition) is 2. The third-order valence-corrected chi connectivity index (χ3v) is 5.12. The first kappa shape index (κ1) is 15.4. The van der Waals surface area contributed by atoms with Crippen molar-refractivity contribution in [3.8, 4) is 0 Å². The average molecular weight is 319 g/mol. The number of rotatable bonds is 3. The number of thioether (sulfide) groups is 1. The van der Waals surface area contributed by atoms with Crippen molar-refractivity contribution in [1.29, 1.82) is 0 Å². The van der Waals surface area contributed by atoms with Gasteiger partial charge in [-0.25, -0.2) is 0 Å². The second kappa shape index (κ2) is 7.15. The zero-order valence-corrected chi connectivity index (χ0v) is 13.3. The minimum absolute atomic E-state index is 0.0611. The van der Waals surface area contributed by atoms with Crippen LogP contribution < -0.4 is 10.6 Å². The fourth-order valence-electron chi connectivity index (χ4n) is 2.86. The highest BCUT2D eigenvalue weighted by Crippen LogP contribution is 2.15. The minimum atomic E-state index is -0.0611. The quantitative estimate of drug-likeness (QED) is 0.875. The van der Waals surface area contributed by atoms with Gasteiger partial charge in [-0.3, -0.25) is 14.9 Å². The second-order valence-electron chi connectivity index (χ2n) is 5.71. The number of nitrogens with zero attached hydrogens (tertiary/aromatic N) is 1. The van der Waals surface area contributed by atoms with E-state index in [1.807, 2.05) is 35.2 Å². The Bertz CT molecular complexity index is 523. The maximum atomic E-state index is 12.4. The van der Waals surface area contributed by atoms with Crippen molar-refractivity contribution in [3.63, 3.8) is 0 Å². The maximum absolute atomic E-state index is 12.4. The van der Waals surface area contributed by atoms with Gasteiger partial charge in [-0.2, -0.15) is 0 Å². The molecule has 2 N–H and O–H groups in total. The first-order valence-corrected chi connectivity index (χ1v) is 8.85. The van der Waals surface area contributed by atoms with Crippen LogP contribution in [0.3, 0.4) is 0 Å². The van der Waals surface area contributed by atoms with Crippen LogP contribution in [0.4, 0.5) is 0 Å². The zero-order chi connectivity index (χ0) is 15.4. The van der Waals surface area contributed by atoms with Crippen LogP contribution in [0.15, 0.2) is 30.3 Å². The molecule has 2 heterocycles. The van der Waals surface area contributed by atoms with Gasteiger partial charge in [0.05, 0.1) is 6.04 Å². The molecule has 0 spiro atoms. The van der Waals surface area contributed by atoms with E-state index in [9.17, 15) is 9.59 Å². The number of likely N-dealkylation sites (tertiary alicyclic amines) is 1. The molecule has 2 saturated heterocycles. The summed E-state index contributed by atoms with van der Waals surface area (Å²) in [7, 11) is 0. The maximum Gasteiger partial charge on any atom is 0.253 e. The van der Waals surface area contributed by atoms with E-state index in [-0.39, 0.29) is 23.9 Å². The first-order valence-electron chi connectivity index (χ1n) is 7.70. The summed E-state index contributed by atoms with van der Waals surface area (Å²) in [5.41, 5.74) is 0.733. The average Bonchev–Trinajstić information content (AvgIpc) is 3.10. The van der Waals surface area contributed by atoms with Gasteiger partial charge >= 0.3 is 0 Å². The Morgan fingerprint density at radius 3 is 2.55 bits per heavy atom. The Labute approximate surface area is 134 Å². The molecular weight excluding hydrogens is 298 g/mol. The summed E-state index contributed by atoms with van der Waals surface area (Å²) in [6, 6.07) is 9.49. The van der Waals surface area contributed by atoms with Crippen LogP contribution in [-0.4, -0.2) is 53.5 Å². The lowest BCUT2D eigenvalue weighted by Crippen LogP contribution is -2.51. The number of piperidine rings is 1. The Hall–Kier alpha value is -1.53. The molecule has 1 unspecified atom stereocenters. The Morgan fingerprint density at radius 2 is 1.91 bits per heavy atom. The van der Waals surface area contributed by atoms with Crippen molar-refractivity contribution in [2.45, 2.75) is 24.9 Å². The number of nitrogens with one attached hydrogen (secondary N) is 2. The van der Waals surface area contributed by atoms with Gasteiger partial charge in [0.2, 0.25) is 5.91 Å². The van der Waals surface area contributed by atoms with E-state index < -0.39 is 0 Å². The van der Waals surface area contributed by atoms with Crippen LogP contribution in [0.25, 0.3) is 0 Å². The fourth-order valence-corrected chi connectivity index (χ4v) is 3.80. The third-order valence-electron chi connectivity index (χ3n) is 4.18. The van der Waals surface area contributed by atoms with Crippen molar-refractivity contribution >= 4 is 23.6 Å². The van der Waals surface area contributed by atoms with E-state index in [2.05, 4.69) is 10.6 Å². The van der Waals surface area contributed by atoms with Gasteiger partial charge < -0.3 is 10.2 Å². The molecule has 118 valence electrons. The van der Waals surface area contributed by atoms with Gasteiger partial charge in [0.25, 0.3) is 5.91 Å². The SMILES string of the molecule is O=C(NC1CCN(C(=O)c2ccccc2)CC1)C1CSCN1. The van der Waals surface area contributed by atoms with E-state index >= 15 is 0 Å². The van der Waals surface area contributed by atoms with E-state index in [0.29, 0.717) is 13.1 Å². The van der Waals surface area contributed by atoms with Crippen LogP contribution in [0.5, 0.6) is 0 Å². The number of carbonyl (C=O) groups excluding carboxylic acids is 2. The molecule has 0 aromatic heterocycles. The molecular formula is C16H21N3O2S. The molecule has 2 fully saturated rings. The van der Waals surface area contributed by atoms with Gasteiger partial charge in [-0.05, 0) is 25.0 Å². The normalized spacial score (nSPS) is 22.5. The zero-order valence-electron chi connectivity index (χ0n) is 12.5. The van der Waals surface area contributed by atoms with Gasteiger partial charge in [-0.15, -0.1) is 11.8 Å². The first-order chi connectivity index (χ1) is 10.7. The summed E-state index contributed by atoms with van der Waals surface area (Å²) in [6.45, 7) is 1.40. The standard InChI is InChI=1S/C16H21N3O2S/c20-15(14-10-22-11-17-14)18-13-6-8-19(9-7-13)16(21)12-4-2-1-3-5-12/h1-5,13-14,17H,6-11H2,(H,18,20). The third kappa shape index (κ3) is 3.62. The van der Waals surface area contributed by atoms with Gasteiger partial charge in [0.1, 0.15) is 0 Å². The summed E-state index contributed by atoms with van der Waals surface area (Å²) >= 11 is 1.75. The molecule has 2 aliphatic heterocycles. The molecule has 1 aromatic carbocycles. The highest BCUT2D eigenvalue weighted by molar-refractivity contribution is 7.99. The molecule has 2 aliphatic rings. The van der Waals surface area contributed by atoms with Crippen molar-refractivity contribution in [2.24, 2.45) is 0 Å². The minimum Gasteiger partial charge on any atom is -0.352 e. The second-order valence-corrected chi connectivity index (χ2v) is 6.74. The molecule has 6 heteroatoms. The lowest BCUT2D eigenvalue weighted by molar-refractivity contribution is -0.123. The molecule has 2 amide bonds. The lowest BCUT2D eigenvalue weighted by Gasteiger charge is -2.33. The number of hydrogen-bond acceptors (Lipinski definition) is 4. The predicted molar refractivity (Wildman–Crippen MR) is 87.8 cm³/mol. The van der Waals surface area contributed by atoms with Crippen LogP contribution in [0.2, 0.25) is 0 Å². The molecule has 0 bridgehead atoms. The van der Waals surface area contributed by atoms with Gasteiger partial charge in [0, 0.05) is 36.3 Å². The number of benzene rings is 1. The predicted octanol–water partition coefficient (Wildman–Crippen LogP) is 1.07. The Balaban J connectivity index is 1.48. The van der Waals surface area contributed by atoms with Crippen molar-refractivity contribution in [2.75, 3.05) is 24.7 Å². The van der Waals surface area contributed by atoms with E-state index in [1.54, 1.807) is 11.8 Å². The number of amides is 2. The van der Waals surface area contributed by atoms with E-state index in [1.165, 1.54) is 0 Å². The Morgan fingerprint density at radius 1 is 1.18 bits per heavy atom. The highest BCUT2D eigenvalue weighted by atomic mass is 32.2. The summed E-state index contributed by atoms with van der Waals surface area (Å²) < 4.78 is 0. The van der Waals surface area contributed by atoms with Crippen LogP contribution in [0, 0.1) is 0 Å². The molecule has 0 radical (unpaired) electrons. The largest absolute Gasteiger partial charge is 0.352 e. The van der Waals surface area contributed by atoms with Gasteiger partial charge in [-0.1, -0.05) is 18.2 Å². The summed E-state index contributed by atoms with van der Waals surface area (Å²) in [4.78, 5) is 26.3. The lowest BCUT2D eigenvalue weighted by atomic mass is 10.0. The number of carbonyl (C=O) groups is 2. The van der Waals surface area contributed by atoms with E-state index in [0.717, 1.165) is 30.0 Å². The monoisotopic (exact) mass is 319 g/mol. The molecule has 1 atom stereocenters. The summed E-state index contributed by atoms with van der Waals surface area (Å²) in [5.74, 6) is 1.87. The van der Waals surface area contributed by atoms with Gasteiger partial charge in [0.15, 0.2) is 0 Å². The molecule has 0 saturated carbocycles. The topological polar surface area (TPSA) is 61.4 Å². The molecule has 22 heavy (non-hydrogen) atoms. The van der Waals surface area contributed by atoms with Crippen molar-refractivity contribution in [1.82, 2.24) is 15.5 Å². The van der Waals surface area contributed by atoms with Crippen LogP contribution in [-0.2, 0) is 4.79 Å². The van der Waals surface area contributed by atoms with Crippen LogP contribution >= 0.6 is 11.8 Å². The highest BCUT2D eigenvalue weighted by Gasteiger charge is 2.28. The summed E-state index contributed by atoms with van der Waals surface area (Å²) in [5, 5.41) is 6.29. The van der Waals surface area contributed by atoms with Crippen LogP contribution in [0.1, 0.15) is 23.2 Å². The molecule has 1 aromatic rings. The molecule has 0 aliphatic carbocycles. The van der Waals surface area contributed by atoms with Crippen molar-refractivity contribution < 1.29 is 9.59 Å². The fraction of sp³-hybridized carbons (Fsp3) is 0.500.